The van der Waals surface area contributed by atoms with Crippen molar-refractivity contribution < 1.29 is 9.53 Å². The molecule has 1 amide bonds. The molecule has 1 N–H and O–H groups in total. The first-order valence-corrected chi connectivity index (χ1v) is 7.26. The number of fused-ring (bicyclic) bond motifs is 1. The number of rotatable bonds is 2. The SMILES string of the molecule is Cc1cc(C(=O)Nc2ccc3c(c2)CCO3)ccc1Br. The summed E-state index contributed by atoms with van der Waals surface area (Å²) in [5.41, 5.74) is 3.65. The van der Waals surface area contributed by atoms with Crippen LogP contribution in [0.3, 0.4) is 0 Å². The molecule has 1 aliphatic rings. The standard InChI is InChI=1S/C16H14BrNO2/c1-10-8-12(2-4-14(10)17)16(19)18-13-3-5-15-11(9-13)6-7-20-15/h2-5,8-9H,6-7H2,1H3,(H,18,19). The number of halogens is 1. The predicted molar refractivity (Wildman–Crippen MR) is 82.5 cm³/mol. The van der Waals surface area contributed by atoms with Gasteiger partial charge in [0.15, 0.2) is 0 Å². The molecule has 0 bridgehead atoms. The summed E-state index contributed by atoms with van der Waals surface area (Å²) in [5.74, 6) is 0.821. The van der Waals surface area contributed by atoms with Crippen molar-refractivity contribution in [3.63, 3.8) is 0 Å². The van der Waals surface area contributed by atoms with Crippen molar-refractivity contribution in [2.24, 2.45) is 0 Å². The Kier molecular flexibility index (Phi) is 3.49. The van der Waals surface area contributed by atoms with Crippen molar-refractivity contribution in [1.82, 2.24) is 0 Å². The molecule has 0 unspecified atom stereocenters. The van der Waals surface area contributed by atoms with Gasteiger partial charge in [0, 0.05) is 22.1 Å². The lowest BCUT2D eigenvalue weighted by atomic mass is 10.1. The molecule has 0 fully saturated rings. The van der Waals surface area contributed by atoms with Gasteiger partial charge in [0.05, 0.1) is 6.61 Å². The maximum atomic E-state index is 12.2. The van der Waals surface area contributed by atoms with Gasteiger partial charge in [0.25, 0.3) is 5.91 Å². The van der Waals surface area contributed by atoms with E-state index in [4.69, 9.17) is 4.74 Å². The second kappa shape index (κ2) is 5.29. The lowest BCUT2D eigenvalue weighted by molar-refractivity contribution is 0.102. The van der Waals surface area contributed by atoms with Crippen LogP contribution in [-0.4, -0.2) is 12.5 Å². The quantitative estimate of drug-likeness (QED) is 0.904. The van der Waals surface area contributed by atoms with Gasteiger partial charge in [-0.05, 0) is 54.4 Å². The van der Waals surface area contributed by atoms with Crippen LogP contribution >= 0.6 is 15.9 Å². The summed E-state index contributed by atoms with van der Waals surface area (Å²) >= 11 is 3.43. The second-order valence-corrected chi connectivity index (χ2v) is 5.69. The molecular formula is C16H14BrNO2. The highest BCUT2D eigenvalue weighted by molar-refractivity contribution is 9.10. The fourth-order valence-electron chi connectivity index (χ4n) is 2.25. The number of aryl methyl sites for hydroxylation is 1. The van der Waals surface area contributed by atoms with Crippen molar-refractivity contribution in [2.45, 2.75) is 13.3 Å². The van der Waals surface area contributed by atoms with Crippen molar-refractivity contribution in [1.29, 1.82) is 0 Å². The summed E-state index contributed by atoms with van der Waals surface area (Å²) in [7, 11) is 0. The number of hydrogen-bond donors (Lipinski definition) is 1. The highest BCUT2D eigenvalue weighted by Crippen LogP contribution is 2.28. The van der Waals surface area contributed by atoms with E-state index in [0.717, 1.165) is 40.1 Å². The van der Waals surface area contributed by atoms with Gasteiger partial charge in [-0.2, -0.15) is 0 Å². The summed E-state index contributed by atoms with van der Waals surface area (Å²) in [6, 6.07) is 11.3. The van der Waals surface area contributed by atoms with Gasteiger partial charge in [-0.25, -0.2) is 0 Å². The fourth-order valence-corrected chi connectivity index (χ4v) is 2.50. The minimum atomic E-state index is -0.0977. The second-order valence-electron chi connectivity index (χ2n) is 4.84. The molecule has 0 aromatic heterocycles. The smallest absolute Gasteiger partial charge is 0.255 e. The normalized spacial score (nSPS) is 12.7. The average Bonchev–Trinajstić information content (AvgIpc) is 2.89. The Morgan fingerprint density at radius 3 is 2.90 bits per heavy atom. The van der Waals surface area contributed by atoms with E-state index in [2.05, 4.69) is 21.2 Å². The molecule has 0 radical (unpaired) electrons. The maximum Gasteiger partial charge on any atom is 0.255 e. The van der Waals surface area contributed by atoms with Crippen LogP contribution in [0, 0.1) is 6.92 Å². The molecule has 0 aliphatic carbocycles. The van der Waals surface area contributed by atoms with Gasteiger partial charge in [0.2, 0.25) is 0 Å². The third-order valence-electron chi connectivity index (χ3n) is 3.37. The number of hydrogen-bond acceptors (Lipinski definition) is 2. The van der Waals surface area contributed by atoms with Crippen LogP contribution in [0.2, 0.25) is 0 Å². The minimum absolute atomic E-state index is 0.0977. The zero-order chi connectivity index (χ0) is 14.1. The number of carbonyl (C=O) groups excluding carboxylic acids is 1. The molecular weight excluding hydrogens is 318 g/mol. The van der Waals surface area contributed by atoms with E-state index in [0.29, 0.717) is 5.56 Å². The number of benzene rings is 2. The average molecular weight is 332 g/mol. The maximum absolute atomic E-state index is 12.2. The van der Waals surface area contributed by atoms with E-state index in [9.17, 15) is 4.79 Å². The molecule has 4 heteroatoms. The Morgan fingerprint density at radius 1 is 1.25 bits per heavy atom. The molecule has 102 valence electrons. The summed E-state index contributed by atoms with van der Waals surface area (Å²) in [4.78, 5) is 12.2. The van der Waals surface area contributed by atoms with Crippen LogP contribution < -0.4 is 10.1 Å². The Morgan fingerprint density at radius 2 is 2.10 bits per heavy atom. The molecule has 0 saturated carbocycles. The molecule has 1 heterocycles. The summed E-state index contributed by atoms with van der Waals surface area (Å²) in [6.07, 6.45) is 0.899. The first kappa shape index (κ1) is 13.2. The van der Waals surface area contributed by atoms with E-state index >= 15 is 0 Å². The Hall–Kier alpha value is -1.81. The van der Waals surface area contributed by atoms with Crippen molar-refractivity contribution in [2.75, 3.05) is 11.9 Å². The van der Waals surface area contributed by atoms with Gasteiger partial charge in [-0.3, -0.25) is 4.79 Å². The molecule has 2 aromatic rings. The lowest BCUT2D eigenvalue weighted by Crippen LogP contribution is -2.12. The molecule has 20 heavy (non-hydrogen) atoms. The first-order chi connectivity index (χ1) is 9.63. The zero-order valence-electron chi connectivity index (χ0n) is 11.1. The van der Waals surface area contributed by atoms with E-state index in [1.165, 1.54) is 0 Å². The Bertz CT molecular complexity index is 682. The van der Waals surface area contributed by atoms with Gasteiger partial charge >= 0.3 is 0 Å². The largest absolute Gasteiger partial charge is 0.493 e. The molecule has 3 nitrogen and oxygen atoms in total. The van der Waals surface area contributed by atoms with Gasteiger partial charge in [0.1, 0.15) is 5.75 Å². The highest BCUT2D eigenvalue weighted by atomic mass is 79.9. The monoisotopic (exact) mass is 331 g/mol. The number of nitrogens with one attached hydrogen (secondary N) is 1. The lowest BCUT2D eigenvalue weighted by Gasteiger charge is -2.08. The molecule has 3 rings (SSSR count). The highest BCUT2D eigenvalue weighted by Gasteiger charge is 2.13. The number of carbonyl (C=O) groups is 1. The van der Waals surface area contributed by atoms with Gasteiger partial charge < -0.3 is 10.1 Å². The van der Waals surface area contributed by atoms with Crippen LogP contribution in [0.25, 0.3) is 0 Å². The fraction of sp³-hybridized carbons (Fsp3) is 0.188. The number of anilines is 1. The molecule has 0 atom stereocenters. The van der Waals surface area contributed by atoms with Crippen LogP contribution in [-0.2, 0) is 6.42 Å². The topological polar surface area (TPSA) is 38.3 Å². The van der Waals surface area contributed by atoms with Crippen LogP contribution in [0.15, 0.2) is 40.9 Å². The number of ether oxygens (including phenoxy) is 1. The first-order valence-electron chi connectivity index (χ1n) is 6.47. The molecule has 1 aliphatic heterocycles. The Balaban J connectivity index is 1.80. The third kappa shape index (κ3) is 2.56. The van der Waals surface area contributed by atoms with E-state index in [1.54, 1.807) is 0 Å². The number of amides is 1. The van der Waals surface area contributed by atoms with E-state index in [-0.39, 0.29) is 5.91 Å². The van der Waals surface area contributed by atoms with Crippen LogP contribution in [0.1, 0.15) is 21.5 Å². The van der Waals surface area contributed by atoms with Crippen LogP contribution in [0.4, 0.5) is 5.69 Å². The summed E-state index contributed by atoms with van der Waals surface area (Å²) < 4.78 is 6.46. The third-order valence-corrected chi connectivity index (χ3v) is 4.26. The van der Waals surface area contributed by atoms with Gasteiger partial charge in [-0.15, -0.1) is 0 Å². The zero-order valence-corrected chi connectivity index (χ0v) is 12.7. The van der Waals surface area contributed by atoms with Crippen molar-refractivity contribution in [3.05, 3.63) is 57.6 Å². The Labute approximate surface area is 126 Å². The van der Waals surface area contributed by atoms with Crippen molar-refractivity contribution in [3.8, 4) is 5.75 Å². The molecule has 0 saturated heterocycles. The molecule has 0 spiro atoms. The summed E-state index contributed by atoms with van der Waals surface area (Å²) in [5, 5.41) is 2.92. The van der Waals surface area contributed by atoms with E-state index < -0.39 is 0 Å². The summed E-state index contributed by atoms with van der Waals surface area (Å²) in [6.45, 7) is 2.69. The predicted octanol–water partition coefficient (Wildman–Crippen LogP) is 3.94. The van der Waals surface area contributed by atoms with Gasteiger partial charge in [-0.1, -0.05) is 15.9 Å². The van der Waals surface area contributed by atoms with E-state index in [1.807, 2.05) is 43.3 Å². The molecule has 2 aromatic carbocycles. The minimum Gasteiger partial charge on any atom is -0.493 e. The van der Waals surface area contributed by atoms with Crippen LogP contribution in [0.5, 0.6) is 5.75 Å². The van der Waals surface area contributed by atoms with Crippen molar-refractivity contribution >= 4 is 27.5 Å².